The Morgan fingerprint density at radius 2 is 2.08 bits per heavy atom. The summed E-state index contributed by atoms with van der Waals surface area (Å²) in [4.78, 5) is 16.6. The van der Waals surface area contributed by atoms with Crippen LogP contribution in [0.4, 0.5) is 5.13 Å². The fourth-order valence-corrected chi connectivity index (χ4v) is 3.46. The minimum Gasteiger partial charge on any atom is -0.493 e. The van der Waals surface area contributed by atoms with Gasteiger partial charge in [-0.25, -0.2) is 4.98 Å². The number of rotatable bonds is 6. The van der Waals surface area contributed by atoms with Crippen LogP contribution in [0.2, 0.25) is 0 Å². The van der Waals surface area contributed by atoms with Crippen LogP contribution in [0.5, 0.6) is 11.5 Å². The van der Waals surface area contributed by atoms with Gasteiger partial charge in [0.05, 0.1) is 17.3 Å². The molecule has 0 aliphatic rings. The summed E-state index contributed by atoms with van der Waals surface area (Å²) in [6.07, 6.45) is 3.91. The number of methoxy groups -OCH3 is 1. The molecule has 2 aromatic carbocycles. The van der Waals surface area contributed by atoms with Crippen LogP contribution in [-0.2, 0) is 4.79 Å². The molecule has 3 rings (SSSR count). The SMILES string of the molecule is CC=Cc1ccc(OCC(=O)Nc2nc3ccc(C)cc3s2)c(OC)c1. The van der Waals surface area contributed by atoms with Crippen LogP contribution in [-0.4, -0.2) is 24.6 Å². The van der Waals surface area contributed by atoms with Gasteiger partial charge in [0, 0.05) is 0 Å². The molecule has 0 spiro atoms. The second-order valence-corrected chi connectivity index (χ2v) is 6.77. The largest absolute Gasteiger partial charge is 0.493 e. The molecule has 1 amide bonds. The molecule has 1 N–H and O–H groups in total. The van der Waals surface area contributed by atoms with Crippen molar-refractivity contribution in [3.63, 3.8) is 0 Å². The smallest absolute Gasteiger partial charge is 0.264 e. The van der Waals surface area contributed by atoms with Gasteiger partial charge in [0.2, 0.25) is 0 Å². The van der Waals surface area contributed by atoms with Gasteiger partial charge in [-0.1, -0.05) is 35.6 Å². The molecule has 134 valence electrons. The van der Waals surface area contributed by atoms with Crippen molar-refractivity contribution in [2.24, 2.45) is 0 Å². The number of anilines is 1. The van der Waals surface area contributed by atoms with Gasteiger partial charge in [-0.05, 0) is 49.2 Å². The van der Waals surface area contributed by atoms with Gasteiger partial charge in [0.1, 0.15) is 0 Å². The average molecular weight is 368 g/mol. The Kier molecular flexibility index (Phi) is 5.53. The molecule has 0 fully saturated rings. The summed E-state index contributed by atoms with van der Waals surface area (Å²) >= 11 is 1.45. The van der Waals surface area contributed by atoms with Gasteiger partial charge < -0.3 is 9.47 Å². The standard InChI is InChI=1S/C20H20N2O3S/c1-4-5-14-7-9-16(17(11-14)24-3)25-12-19(23)22-20-21-15-8-6-13(2)10-18(15)26-20/h4-11H,12H2,1-3H3,(H,21,22,23). The minimum atomic E-state index is -0.264. The number of amides is 1. The van der Waals surface area contributed by atoms with Gasteiger partial charge in [0.25, 0.3) is 5.91 Å². The number of hydrogen-bond donors (Lipinski definition) is 1. The maximum atomic E-state index is 12.2. The van der Waals surface area contributed by atoms with E-state index in [0.29, 0.717) is 16.6 Å². The molecule has 1 heterocycles. The van der Waals surface area contributed by atoms with E-state index in [1.165, 1.54) is 11.3 Å². The number of nitrogens with zero attached hydrogens (tertiary/aromatic N) is 1. The summed E-state index contributed by atoms with van der Waals surface area (Å²) in [7, 11) is 1.57. The van der Waals surface area contributed by atoms with Gasteiger partial charge in [0.15, 0.2) is 23.2 Å². The van der Waals surface area contributed by atoms with E-state index < -0.39 is 0 Å². The fraction of sp³-hybridized carbons (Fsp3) is 0.200. The lowest BCUT2D eigenvalue weighted by molar-refractivity contribution is -0.118. The summed E-state index contributed by atoms with van der Waals surface area (Å²) in [5.74, 6) is 0.847. The Labute approximate surface area is 156 Å². The summed E-state index contributed by atoms with van der Waals surface area (Å²) in [5.41, 5.74) is 3.04. The molecule has 0 aliphatic carbocycles. The summed E-state index contributed by atoms with van der Waals surface area (Å²) in [5, 5.41) is 3.35. The highest BCUT2D eigenvalue weighted by atomic mass is 32.1. The van der Waals surface area contributed by atoms with Crippen LogP contribution in [0.25, 0.3) is 16.3 Å². The summed E-state index contributed by atoms with van der Waals surface area (Å²) in [6, 6.07) is 11.6. The second kappa shape index (κ2) is 8.01. The van der Waals surface area contributed by atoms with Crippen molar-refractivity contribution in [1.29, 1.82) is 0 Å². The quantitative estimate of drug-likeness (QED) is 0.687. The highest BCUT2D eigenvalue weighted by Gasteiger charge is 2.11. The zero-order valence-electron chi connectivity index (χ0n) is 14.9. The summed E-state index contributed by atoms with van der Waals surface area (Å²) in [6.45, 7) is 3.86. The number of fused-ring (bicyclic) bond motifs is 1. The predicted molar refractivity (Wildman–Crippen MR) is 106 cm³/mol. The maximum Gasteiger partial charge on any atom is 0.264 e. The van der Waals surface area contributed by atoms with Crippen LogP contribution in [0.1, 0.15) is 18.1 Å². The van der Waals surface area contributed by atoms with Crippen LogP contribution in [0.3, 0.4) is 0 Å². The molecule has 5 nitrogen and oxygen atoms in total. The first kappa shape index (κ1) is 17.9. The molecule has 0 saturated heterocycles. The Bertz CT molecular complexity index is 963. The zero-order chi connectivity index (χ0) is 18.5. The highest BCUT2D eigenvalue weighted by Crippen LogP contribution is 2.29. The van der Waals surface area contributed by atoms with E-state index in [4.69, 9.17) is 9.47 Å². The minimum absolute atomic E-state index is 0.117. The summed E-state index contributed by atoms with van der Waals surface area (Å²) < 4.78 is 12.0. The maximum absolute atomic E-state index is 12.2. The average Bonchev–Trinajstić information content (AvgIpc) is 3.01. The topological polar surface area (TPSA) is 60.5 Å². The molecule has 0 saturated carbocycles. The molecule has 0 bridgehead atoms. The molecule has 26 heavy (non-hydrogen) atoms. The fourth-order valence-electron chi connectivity index (χ4n) is 2.48. The lowest BCUT2D eigenvalue weighted by Gasteiger charge is -2.11. The lowest BCUT2D eigenvalue weighted by atomic mass is 10.2. The van der Waals surface area contributed by atoms with Crippen LogP contribution >= 0.6 is 11.3 Å². The van der Waals surface area contributed by atoms with Crippen molar-refractivity contribution in [1.82, 2.24) is 4.98 Å². The van der Waals surface area contributed by atoms with Crippen molar-refractivity contribution < 1.29 is 14.3 Å². The molecular weight excluding hydrogens is 348 g/mol. The Hall–Kier alpha value is -2.86. The van der Waals surface area contributed by atoms with Crippen molar-refractivity contribution in [2.45, 2.75) is 13.8 Å². The number of aromatic nitrogens is 1. The number of thiazole rings is 1. The molecule has 0 atom stereocenters. The molecule has 0 radical (unpaired) electrons. The second-order valence-electron chi connectivity index (χ2n) is 5.74. The number of hydrogen-bond acceptors (Lipinski definition) is 5. The van der Waals surface area contributed by atoms with E-state index in [2.05, 4.69) is 16.4 Å². The molecule has 1 aromatic heterocycles. The first-order chi connectivity index (χ1) is 12.6. The van der Waals surface area contributed by atoms with Gasteiger partial charge >= 0.3 is 0 Å². The molecule has 0 unspecified atom stereocenters. The molecule has 3 aromatic rings. The normalized spacial score (nSPS) is 11.0. The van der Waals surface area contributed by atoms with E-state index in [1.54, 1.807) is 13.2 Å². The van der Waals surface area contributed by atoms with Crippen molar-refractivity contribution in [2.75, 3.05) is 19.0 Å². The van der Waals surface area contributed by atoms with Crippen molar-refractivity contribution in [3.8, 4) is 11.5 Å². The Balaban J connectivity index is 1.64. The Morgan fingerprint density at radius 3 is 2.85 bits per heavy atom. The third-order valence-electron chi connectivity index (χ3n) is 3.70. The van der Waals surface area contributed by atoms with Crippen LogP contribution in [0, 0.1) is 6.92 Å². The Morgan fingerprint density at radius 1 is 1.23 bits per heavy atom. The number of ether oxygens (including phenoxy) is 2. The molecule has 0 aliphatic heterocycles. The number of carbonyl (C=O) groups excluding carboxylic acids is 1. The van der Waals surface area contributed by atoms with Gasteiger partial charge in [-0.2, -0.15) is 0 Å². The van der Waals surface area contributed by atoms with Crippen molar-refractivity contribution in [3.05, 3.63) is 53.6 Å². The first-order valence-corrected chi connectivity index (χ1v) is 9.01. The van der Waals surface area contributed by atoms with E-state index in [1.807, 2.05) is 50.3 Å². The van der Waals surface area contributed by atoms with Gasteiger partial charge in [-0.3, -0.25) is 10.1 Å². The molecular formula is C20H20N2O3S. The first-order valence-electron chi connectivity index (χ1n) is 8.19. The highest BCUT2D eigenvalue weighted by molar-refractivity contribution is 7.22. The van der Waals surface area contributed by atoms with E-state index in [0.717, 1.165) is 21.3 Å². The monoisotopic (exact) mass is 368 g/mol. The van der Waals surface area contributed by atoms with E-state index in [9.17, 15) is 4.79 Å². The number of nitrogens with one attached hydrogen (secondary N) is 1. The van der Waals surface area contributed by atoms with Crippen LogP contribution < -0.4 is 14.8 Å². The number of aryl methyl sites for hydroxylation is 1. The number of allylic oxidation sites excluding steroid dienone is 1. The lowest BCUT2D eigenvalue weighted by Crippen LogP contribution is -2.20. The predicted octanol–water partition coefficient (Wildman–Crippen LogP) is 4.66. The number of benzene rings is 2. The van der Waals surface area contributed by atoms with Crippen LogP contribution in [0.15, 0.2) is 42.5 Å². The number of carbonyl (C=O) groups is 1. The van der Waals surface area contributed by atoms with Gasteiger partial charge in [-0.15, -0.1) is 0 Å². The third kappa shape index (κ3) is 4.21. The van der Waals surface area contributed by atoms with E-state index in [-0.39, 0.29) is 12.5 Å². The molecule has 6 heteroatoms. The van der Waals surface area contributed by atoms with Crippen molar-refractivity contribution >= 4 is 38.7 Å². The van der Waals surface area contributed by atoms with E-state index >= 15 is 0 Å². The zero-order valence-corrected chi connectivity index (χ0v) is 15.7. The third-order valence-corrected chi connectivity index (χ3v) is 4.63.